The van der Waals surface area contributed by atoms with Crippen LogP contribution in [-0.4, -0.2) is 41.5 Å². The SMILES string of the molecule is O=C1NC(c2ccccc2)(c2ccccc2)CN1C1CCN(Cc2cccc(Cl)c2)CC1. The molecule has 32 heavy (non-hydrogen) atoms. The van der Waals surface area contributed by atoms with Crippen molar-refractivity contribution in [2.45, 2.75) is 31.0 Å². The van der Waals surface area contributed by atoms with Crippen molar-refractivity contribution < 1.29 is 4.79 Å². The number of carbonyl (C=O) groups excluding carboxylic acids is 1. The molecule has 0 radical (unpaired) electrons. The second-order valence-electron chi connectivity index (χ2n) is 8.83. The monoisotopic (exact) mass is 445 g/mol. The van der Waals surface area contributed by atoms with Gasteiger partial charge in [-0.05, 0) is 41.7 Å². The smallest absolute Gasteiger partial charge is 0.318 e. The number of carbonyl (C=O) groups is 1. The molecule has 0 saturated carbocycles. The third-order valence-electron chi connectivity index (χ3n) is 6.81. The van der Waals surface area contributed by atoms with Gasteiger partial charge in [0.1, 0.15) is 5.54 Å². The van der Waals surface area contributed by atoms with Crippen molar-refractivity contribution in [1.29, 1.82) is 0 Å². The van der Waals surface area contributed by atoms with Gasteiger partial charge in [0.25, 0.3) is 0 Å². The lowest BCUT2D eigenvalue weighted by Gasteiger charge is -2.37. The molecule has 0 bridgehead atoms. The van der Waals surface area contributed by atoms with E-state index in [1.54, 1.807) is 0 Å². The zero-order chi connectivity index (χ0) is 22.0. The fourth-order valence-electron chi connectivity index (χ4n) is 5.14. The molecule has 2 aliphatic rings. The summed E-state index contributed by atoms with van der Waals surface area (Å²) in [4.78, 5) is 17.8. The molecule has 2 amide bonds. The molecular weight excluding hydrogens is 418 g/mol. The van der Waals surface area contributed by atoms with Crippen molar-refractivity contribution in [2.75, 3.05) is 19.6 Å². The van der Waals surface area contributed by atoms with Gasteiger partial charge in [0.05, 0.1) is 6.54 Å². The third-order valence-corrected chi connectivity index (χ3v) is 7.05. The number of halogens is 1. The minimum atomic E-state index is -0.516. The third kappa shape index (κ3) is 4.13. The number of hydrogen-bond donors (Lipinski definition) is 1. The van der Waals surface area contributed by atoms with Gasteiger partial charge in [0.15, 0.2) is 0 Å². The molecule has 0 aliphatic carbocycles. The lowest BCUT2D eigenvalue weighted by Crippen LogP contribution is -2.46. The summed E-state index contributed by atoms with van der Waals surface area (Å²) in [5, 5.41) is 4.15. The summed E-state index contributed by atoms with van der Waals surface area (Å²) >= 11 is 6.15. The van der Waals surface area contributed by atoms with Crippen LogP contribution in [0.3, 0.4) is 0 Å². The second kappa shape index (κ2) is 8.97. The van der Waals surface area contributed by atoms with E-state index in [0.29, 0.717) is 6.54 Å². The topological polar surface area (TPSA) is 35.6 Å². The van der Waals surface area contributed by atoms with E-state index in [0.717, 1.165) is 48.6 Å². The number of rotatable bonds is 5. The van der Waals surface area contributed by atoms with Gasteiger partial charge in [-0.3, -0.25) is 4.90 Å². The van der Waals surface area contributed by atoms with Gasteiger partial charge in [-0.2, -0.15) is 0 Å². The molecule has 0 aromatic heterocycles. The van der Waals surface area contributed by atoms with Gasteiger partial charge in [0, 0.05) is 30.7 Å². The van der Waals surface area contributed by atoms with Gasteiger partial charge in [-0.15, -0.1) is 0 Å². The average molecular weight is 446 g/mol. The van der Waals surface area contributed by atoms with E-state index in [-0.39, 0.29) is 12.1 Å². The highest BCUT2D eigenvalue weighted by Crippen LogP contribution is 2.36. The molecule has 164 valence electrons. The van der Waals surface area contributed by atoms with Crippen molar-refractivity contribution in [2.24, 2.45) is 0 Å². The van der Waals surface area contributed by atoms with E-state index in [2.05, 4.69) is 45.4 Å². The van der Waals surface area contributed by atoms with Crippen molar-refractivity contribution in [3.05, 3.63) is 107 Å². The zero-order valence-corrected chi connectivity index (χ0v) is 18.8. The number of piperidine rings is 1. The molecule has 2 heterocycles. The Hall–Kier alpha value is -2.82. The summed E-state index contributed by atoms with van der Waals surface area (Å²) in [6.07, 6.45) is 1.96. The summed E-state index contributed by atoms with van der Waals surface area (Å²) in [5.74, 6) is 0. The molecule has 0 atom stereocenters. The number of urea groups is 1. The van der Waals surface area contributed by atoms with E-state index >= 15 is 0 Å². The van der Waals surface area contributed by atoms with Gasteiger partial charge in [-0.25, -0.2) is 4.79 Å². The first-order valence-electron chi connectivity index (χ1n) is 11.3. The minimum Gasteiger partial charge on any atom is -0.323 e. The number of nitrogens with zero attached hydrogens (tertiary/aromatic N) is 2. The maximum absolute atomic E-state index is 13.2. The van der Waals surface area contributed by atoms with Crippen LogP contribution in [0.1, 0.15) is 29.5 Å². The van der Waals surface area contributed by atoms with Crippen LogP contribution in [0.25, 0.3) is 0 Å². The largest absolute Gasteiger partial charge is 0.323 e. The summed E-state index contributed by atoms with van der Waals surface area (Å²) < 4.78 is 0. The molecule has 2 aliphatic heterocycles. The Morgan fingerprint density at radius 2 is 1.50 bits per heavy atom. The molecule has 0 unspecified atom stereocenters. The van der Waals surface area contributed by atoms with E-state index in [1.807, 2.05) is 54.6 Å². The Labute approximate surface area is 194 Å². The quantitative estimate of drug-likeness (QED) is 0.580. The maximum Gasteiger partial charge on any atom is 0.318 e. The Bertz CT molecular complexity index is 1030. The van der Waals surface area contributed by atoms with Gasteiger partial charge in [-0.1, -0.05) is 84.4 Å². The second-order valence-corrected chi connectivity index (χ2v) is 9.27. The summed E-state index contributed by atoms with van der Waals surface area (Å²) in [6.45, 7) is 3.51. The highest BCUT2D eigenvalue weighted by atomic mass is 35.5. The van der Waals surface area contributed by atoms with Crippen LogP contribution < -0.4 is 5.32 Å². The van der Waals surface area contributed by atoms with E-state index in [9.17, 15) is 4.79 Å². The zero-order valence-electron chi connectivity index (χ0n) is 18.1. The normalized spacial score (nSPS) is 19.2. The first-order valence-corrected chi connectivity index (χ1v) is 11.7. The molecule has 3 aromatic rings. The Morgan fingerprint density at radius 3 is 2.09 bits per heavy atom. The predicted octanol–water partition coefficient (Wildman–Crippen LogP) is 5.27. The lowest BCUT2D eigenvalue weighted by atomic mass is 9.83. The van der Waals surface area contributed by atoms with E-state index in [1.165, 1.54) is 5.56 Å². The van der Waals surface area contributed by atoms with Gasteiger partial charge in [0.2, 0.25) is 0 Å². The fourth-order valence-corrected chi connectivity index (χ4v) is 5.35. The highest BCUT2D eigenvalue weighted by molar-refractivity contribution is 6.30. The summed E-state index contributed by atoms with van der Waals surface area (Å²) in [7, 11) is 0. The standard InChI is InChI=1S/C27H28ClN3O/c28-24-13-7-8-21(18-24)19-30-16-14-25(15-17-30)31-20-27(29-26(31)32,22-9-3-1-4-10-22)23-11-5-2-6-12-23/h1-13,18,25H,14-17,19-20H2,(H,29,32). The van der Waals surface area contributed by atoms with Crippen molar-refractivity contribution in [1.82, 2.24) is 15.1 Å². The molecular formula is C27H28ClN3O. The maximum atomic E-state index is 13.2. The first-order chi connectivity index (χ1) is 15.6. The van der Waals surface area contributed by atoms with Gasteiger partial charge >= 0.3 is 6.03 Å². The van der Waals surface area contributed by atoms with Crippen molar-refractivity contribution >= 4 is 17.6 Å². The van der Waals surface area contributed by atoms with Crippen LogP contribution in [-0.2, 0) is 12.1 Å². The molecule has 5 heteroatoms. The molecule has 5 rings (SSSR count). The number of hydrogen-bond acceptors (Lipinski definition) is 2. The van der Waals surface area contributed by atoms with Crippen LogP contribution in [0.4, 0.5) is 4.79 Å². The Morgan fingerprint density at radius 1 is 0.875 bits per heavy atom. The first kappa shape index (κ1) is 21.0. The Kier molecular flexibility index (Phi) is 5.90. The van der Waals surface area contributed by atoms with Crippen LogP contribution in [0.15, 0.2) is 84.9 Å². The molecule has 3 aromatic carbocycles. The van der Waals surface area contributed by atoms with Crippen LogP contribution >= 0.6 is 11.6 Å². The van der Waals surface area contributed by atoms with Gasteiger partial charge < -0.3 is 10.2 Å². The molecule has 2 fully saturated rings. The number of amides is 2. The average Bonchev–Trinajstić information content (AvgIpc) is 3.19. The lowest BCUT2D eigenvalue weighted by molar-refractivity contribution is 0.129. The number of benzene rings is 3. The van der Waals surface area contributed by atoms with E-state index < -0.39 is 5.54 Å². The fraction of sp³-hybridized carbons (Fsp3) is 0.296. The van der Waals surface area contributed by atoms with Crippen LogP contribution in [0.5, 0.6) is 0 Å². The number of nitrogens with one attached hydrogen (secondary N) is 1. The van der Waals surface area contributed by atoms with Crippen LogP contribution in [0, 0.1) is 0 Å². The molecule has 1 N–H and O–H groups in total. The van der Waals surface area contributed by atoms with E-state index in [4.69, 9.17) is 11.6 Å². The minimum absolute atomic E-state index is 0.0333. The Balaban J connectivity index is 1.32. The predicted molar refractivity (Wildman–Crippen MR) is 129 cm³/mol. The summed E-state index contributed by atoms with van der Waals surface area (Å²) in [5.41, 5.74) is 2.97. The molecule has 4 nitrogen and oxygen atoms in total. The number of likely N-dealkylation sites (tertiary alicyclic amines) is 1. The van der Waals surface area contributed by atoms with Crippen molar-refractivity contribution in [3.63, 3.8) is 0 Å². The highest BCUT2D eigenvalue weighted by Gasteiger charge is 2.47. The summed E-state index contributed by atoms with van der Waals surface area (Å²) in [6, 6.07) is 29.0. The van der Waals surface area contributed by atoms with Crippen LogP contribution in [0.2, 0.25) is 5.02 Å². The molecule has 2 saturated heterocycles. The molecule has 0 spiro atoms. The van der Waals surface area contributed by atoms with Crippen molar-refractivity contribution in [3.8, 4) is 0 Å².